The minimum absolute atomic E-state index is 0.0874. The highest BCUT2D eigenvalue weighted by molar-refractivity contribution is 6.11. The van der Waals surface area contributed by atoms with E-state index in [-0.39, 0.29) is 18.0 Å². The molecule has 2 aliphatic rings. The molecule has 4 aromatic rings. The maximum atomic E-state index is 14.7. The van der Waals surface area contributed by atoms with E-state index in [9.17, 15) is 4.79 Å². The van der Waals surface area contributed by atoms with E-state index < -0.39 is 0 Å². The van der Waals surface area contributed by atoms with Crippen LogP contribution in [-0.2, 0) is 6.42 Å². The van der Waals surface area contributed by atoms with E-state index in [2.05, 4.69) is 53.9 Å². The normalized spacial score (nSPS) is 17.0. The standard InChI is InChI=1S/C36H43N7O3/c1-23(2)33-29-22-37-31(19-26-11-12-27(20-30(26)46-7)41-17-15-40(5)16-18-41)39-35(29)42(32-14-13-28(45-6)21-38-32)36(44)43(33)34-24(3)9-8-10-25(34)4/h8-14,20-23,33H,15-19H2,1-7H3. The van der Waals surface area contributed by atoms with Gasteiger partial charge in [-0.2, -0.15) is 0 Å². The van der Waals surface area contributed by atoms with Crippen molar-refractivity contribution in [1.29, 1.82) is 0 Å². The number of benzene rings is 2. The molecule has 0 spiro atoms. The van der Waals surface area contributed by atoms with E-state index in [1.54, 1.807) is 31.4 Å². The summed E-state index contributed by atoms with van der Waals surface area (Å²) >= 11 is 0. The van der Waals surface area contributed by atoms with Gasteiger partial charge in [-0.05, 0) is 56.1 Å². The van der Waals surface area contributed by atoms with Crippen molar-refractivity contribution in [2.24, 2.45) is 5.92 Å². The van der Waals surface area contributed by atoms with Crippen molar-refractivity contribution in [2.75, 3.05) is 62.1 Å². The quantitative estimate of drug-likeness (QED) is 0.226. The number of anilines is 4. The average Bonchev–Trinajstić information content (AvgIpc) is 3.05. The van der Waals surface area contributed by atoms with Gasteiger partial charge in [0.1, 0.15) is 23.1 Å². The zero-order chi connectivity index (χ0) is 32.5. The number of aryl methyl sites for hydroxylation is 2. The molecule has 2 aromatic heterocycles. The topological polar surface area (TPSA) is 87.2 Å². The van der Waals surface area contributed by atoms with Gasteiger partial charge < -0.3 is 19.3 Å². The second-order valence-electron chi connectivity index (χ2n) is 12.5. The first-order chi connectivity index (χ1) is 22.2. The van der Waals surface area contributed by atoms with Gasteiger partial charge in [-0.3, -0.25) is 4.90 Å². The van der Waals surface area contributed by atoms with Crippen LogP contribution in [0.1, 0.15) is 48.0 Å². The molecule has 46 heavy (non-hydrogen) atoms. The van der Waals surface area contributed by atoms with Gasteiger partial charge in [0.25, 0.3) is 0 Å². The number of rotatable bonds is 8. The van der Waals surface area contributed by atoms with Gasteiger partial charge in [0, 0.05) is 61.7 Å². The number of fused-ring (bicyclic) bond motifs is 1. The number of methoxy groups -OCH3 is 2. The fraction of sp³-hybridized carbons (Fsp3) is 0.389. The predicted molar refractivity (Wildman–Crippen MR) is 182 cm³/mol. The van der Waals surface area contributed by atoms with E-state index in [0.717, 1.165) is 65.6 Å². The summed E-state index contributed by atoms with van der Waals surface area (Å²) in [5, 5.41) is 0. The number of nitrogens with zero attached hydrogens (tertiary/aromatic N) is 7. The van der Waals surface area contributed by atoms with Crippen LogP contribution in [0.2, 0.25) is 0 Å². The maximum Gasteiger partial charge on any atom is 0.336 e. The van der Waals surface area contributed by atoms with Crippen LogP contribution in [0.15, 0.2) is 60.9 Å². The second-order valence-corrected chi connectivity index (χ2v) is 12.5. The molecule has 4 heterocycles. The van der Waals surface area contributed by atoms with E-state index >= 15 is 0 Å². The van der Waals surface area contributed by atoms with E-state index in [1.807, 2.05) is 49.2 Å². The van der Waals surface area contributed by atoms with Crippen LogP contribution in [0, 0.1) is 19.8 Å². The lowest BCUT2D eigenvalue weighted by molar-refractivity contribution is 0.246. The van der Waals surface area contributed by atoms with Crippen LogP contribution in [0.25, 0.3) is 0 Å². The third kappa shape index (κ3) is 5.85. The van der Waals surface area contributed by atoms with Crippen molar-refractivity contribution >= 4 is 29.0 Å². The molecule has 1 fully saturated rings. The van der Waals surface area contributed by atoms with Crippen LogP contribution >= 0.6 is 0 Å². The Bertz CT molecular complexity index is 1700. The van der Waals surface area contributed by atoms with Crippen LogP contribution in [0.5, 0.6) is 11.5 Å². The number of piperazine rings is 1. The first-order valence-corrected chi connectivity index (χ1v) is 15.9. The summed E-state index contributed by atoms with van der Waals surface area (Å²) in [7, 11) is 5.45. The Morgan fingerprint density at radius 1 is 0.913 bits per heavy atom. The third-order valence-corrected chi connectivity index (χ3v) is 9.04. The number of hydrogen-bond acceptors (Lipinski definition) is 8. The number of para-hydroxylation sites is 1. The van der Waals surface area contributed by atoms with Crippen LogP contribution < -0.4 is 24.2 Å². The molecule has 240 valence electrons. The van der Waals surface area contributed by atoms with Gasteiger partial charge in [-0.15, -0.1) is 0 Å². The number of pyridine rings is 1. The lowest BCUT2D eigenvalue weighted by atomic mass is 9.91. The lowest BCUT2D eigenvalue weighted by Gasteiger charge is -2.44. The number of carbonyl (C=O) groups is 1. The van der Waals surface area contributed by atoms with Crippen LogP contribution in [0.4, 0.5) is 27.8 Å². The molecule has 2 aromatic carbocycles. The van der Waals surface area contributed by atoms with Crippen LogP contribution in [0.3, 0.4) is 0 Å². The number of ether oxygens (including phenoxy) is 2. The summed E-state index contributed by atoms with van der Waals surface area (Å²) in [6.07, 6.45) is 3.95. The maximum absolute atomic E-state index is 14.7. The highest BCUT2D eigenvalue weighted by atomic mass is 16.5. The first-order valence-electron chi connectivity index (χ1n) is 15.9. The Hall–Kier alpha value is -4.70. The molecule has 0 radical (unpaired) electrons. The van der Waals surface area contributed by atoms with Gasteiger partial charge in [-0.25, -0.2) is 24.6 Å². The van der Waals surface area contributed by atoms with Gasteiger partial charge in [0.15, 0.2) is 5.82 Å². The Morgan fingerprint density at radius 2 is 1.65 bits per heavy atom. The van der Waals surface area contributed by atoms with Gasteiger partial charge in [-0.1, -0.05) is 38.1 Å². The van der Waals surface area contributed by atoms with Crippen molar-refractivity contribution in [3.8, 4) is 11.5 Å². The van der Waals surface area contributed by atoms with Crippen molar-refractivity contribution < 1.29 is 14.3 Å². The minimum atomic E-state index is -0.275. The Kier molecular flexibility index (Phi) is 8.82. The summed E-state index contributed by atoms with van der Waals surface area (Å²) in [6.45, 7) is 12.4. The molecule has 0 saturated carbocycles. The van der Waals surface area contributed by atoms with Crippen LogP contribution in [-0.4, -0.2) is 73.3 Å². The molecule has 1 atom stereocenters. The smallest absolute Gasteiger partial charge is 0.336 e. The molecule has 6 rings (SSSR count). The third-order valence-electron chi connectivity index (χ3n) is 9.04. The largest absolute Gasteiger partial charge is 0.496 e. The van der Waals surface area contributed by atoms with E-state index in [4.69, 9.17) is 19.4 Å². The molecule has 0 aliphatic carbocycles. The highest BCUT2D eigenvalue weighted by Crippen LogP contribution is 2.46. The molecule has 2 aliphatic heterocycles. The highest BCUT2D eigenvalue weighted by Gasteiger charge is 2.43. The monoisotopic (exact) mass is 621 g/mol. The number of amides is 2. The number of carbonyl (C=O) groups excluding carboxylic acids is 1. The van der Waals surface area contributed by atoms with Gasteiger partial charge in [0.2, 0.25) is 0 Å². The molecule has 1 saturated heterocycles. The van der Waals surface area contributed by atoms with Crippen molar-refractivity contribution in [2.45, 2.75) is 40.2 Å². The molecule has 1 unspecified atom stereocenters. The molecule has 2 amide bonds. The van der Waals surface area contributed by atoms with Crippen molar-refractivity contribution in [3.63, 3.8) is 0 Å². The number of aromatic nitrogens is 3. The van der Waals surface area contributed by atoms with Crippen molar-refractivity contribution in [3.05, 3.63) is 89.0 Å². The first kappa shape index (κ1) is 31.3. The number of urea groups is 1. The minimum Gasteiger partial charge on any atom is -0.496 e. The van der Waals surface area contributed by atoms with Gasteiger partial charge >= 0.3 is 6.03 Å². The summed E-state index contributed by atoms with van der Waals surface area (Å²) in [5.41, 5.74) is 5.94. The fourth-order valence-electron chi connectivity index (χ4n) is 6.57. The number of likely N-dealkylation sites (N-methyl/N-ethyl adjacent to an activating group) is 1. The summed E-state index contributed by atoms with van der Waals surface area (Å²) in [6, 6.07) is 15.6. The molecule has 10 heteroatoms. The number of hydrogen-bond donors (Lipinski definition) is 0. The average molecular weight is 622 g/mol. The Balaban J connectivity index is 1.43. The van der Waals surface area contributed by atoms with Gasteiger partial charge in [0.05, 0.1) is 32.1 Å². The molecule has 0 bridgehead atoms. The molecular weight excluding hydrogens is 578 g/mol. The van der Waals surface area contributed by atoms with E-state index in [1.165, 1.54) is 0 Å². The zero-order valence-corrected chi connectivity index (χ0v) is 27.8. The lowest BCUT2D eigenvalue weighted by Crippen LogP contribution is -2.50. The van der Waals surface area contributed by atoms with E-state index in [0.29, 0.717) is 29.6 Å². The fourth-order valence-corrected chi connectivity index (χ4v) is 6.57. The molecule has 0 N–H and O–H groups in total. The Morgan fingerprint density at radius 3 is 2.28 bits per heavy atom. The van der Waals surface area contributed by atoms with Crippen molar-refractivity contribution in [1.82, 2.24) is 19.9 Å². The Labute approximate surface area is 271 Å². The predicted octanol–water partition coefficient (Wildman–Crippen LogP) is 6.32. The summed E-state index contributed by atoms with van der Waals surface area (Å²) in [4.78, 5) is 37.6. The molecular formula is C36H43N7O3. The molecule has 10 nitrogen and oxygen atoms in total. The summed E-state index contributed by atoms with van der Waals surface area (Å²) in [5.74, 6) is 3.09. The summed E-state index contributed by atoms with van der Waals surface area (Å²) < 4.78 is 11.2. The second kappa shape index (κ2) is 13.0. The SMILES string of the molecule is COc1ccc(N2C(=O)N(c3c(C)cccc3C)C(C(C)C)c3cnc(Cc4ccc(N5CCN(C)CC5)cc4OC)nc32)nc1. The zero-order valence-electron chi connectivity index (χ0n) is 27.8.